The van der Waals surface area contributed by atoms with Crippen LogP contribution in [-0.4, -0.2) is 75.6 Å². The molecule has 0 radical (unpaired) electrons. The number of alkyl halides is 2. The molecular formula is C35H36F2N3O7PS. The monoisotopic (exact) mass is 711 g/mol. The smallest absolute Gasteiger partial charge is 0.370 e. The number of halogens is 2. The van der Waals surface area contributed by atoms with Crippen molar-refractivity contribution in [1.82, 2.24) is 15.1 Å². The molecule has 2 aliphatic heterocycles. The molecule has 2 fully saturated rings. The van der Waals surface area contributed by atoms with Gasteiger partial charge in [0.1, 0.15) is 18.2 Å². The molecule has 3 aromatic carbocycles. The molecule has 10 nitrogen and oxygen atoms in total. The van der Waals surface area contributed by atoms with Gasteiger partial charge in [-0.3, -0.25) is 18.9 Å². The minimum Gasteiger partial charge on any atom is -0.370 e. The van der Waals surface area contributed by atoms with E-state index in [0.717, 1.165) is 34.6 Å². The van der Waals surface area contributed by atoms with Gasteiger partial charge in [0.2, 0.25) is 11.8 Å². The highest BCUT2D eigenvalue weighted by Gasteiger charge is 2.50. The second-order valence-electron chi connectivity index (χ2n) is 12.2. The van der Waals surface area contributed by atoms with Crippen molar-refractivity contribution in [2.24, 2.45) is 0 Å². The zero-order valence-corrected chi connectivity index (χ0v) is 28.1. The number of aryl methyl sites for hydroxylation is 1. The predicted octanol–water partition coefficient (Wildman–Crippen LogP) is 5.45. The Labute approximate surface area is 285 Å². The summed E-state index contributed by atoms with van der Waals surface area (Å²) in [6.45, 7) is 1.50. The minimum absolute atomic E-state index is 0.137. The van der Waals surface area contributed by atoms with Crippen molar-refractivity contribution in [3.05, 3.63) is 106 Å². The molecule has 2 saturated heterocycles. The van der Waals surface area contributed by atoms with Gasteiger partial charge in [-0.2, -0.15) is 8.78 Å². The van der Waals surface area contributed by atoms with Crippen LogP contribution in [0.2, 0.25) is 0 Å². The third-order valence-electron chi connectivity index (χ3n) is 8.99. The van der Waals surface area contributed by atoms with Gasteiger partial charge in [-0.05, 0) is 60.4 Å². The Hall–Kier alpha value is -4.00. The van der Waals surface area contributed by atoms with Gasteiger partial charge in [0, 0.05) is 23.4 Å². The Morgan fingerprint density at radius 1 is 1.00 bits per heavy atom. The number of rotatable bonds is 10. The molecule has 2 aliphatic rings. The van der Waals surface area contributed by atoms with Crippen molar-refractivity contribution in [3.8, 4) is 0 Å². The molecule has 1 aromatic heterocycles. The maximum absolute atomic E-state index is 14.4. The quantitative estimate of drug-likeness (QED) is 0.186. The van der Waals surface area contributed by atoms with Crippen LogP contribution in [0.25, 0.3) is 10.1 Å². The summed E-state index contributed by atoms with van der Waals surface area (Å²) in [7, 11) is -5.78. The Kier molecular flexibility index (Phi) is 10.3. The Morgan fingerprint density at radius 3 is 2.43 bits per heavy atom. The second-order valence-corrected chi connectivity index (χ2v) is 15.0. The summed E-state index contributed by atoms with van der Waals surface area (Å²) < 4.78 is 46.6. The van der Waals surface area contributed by atoms with E-state index < -0.39 is 36.8 Å². The first kappa shape index (κ1) is 34.8. The summed E-state index contributed by atoms with van der Waals surface area (Å²) in [5, 5.41) is 3.05. The summed E-state index contributed by atoms with van der Waals surface area (Å²) in [5.74, 6) is -1.13. The molecule has 0 saturated carbocycles. The van der Waals surface area contributed by atoms with Gasteiger partial charge in [-0.1, -0.05) is 66.7 Å². The molecule has 49 heavy (non-hydrogen) atoms. The average Bonchev–Trinajstić information content (AvgIpc) is 3.77. The predicted molar refractivity (Wildman–Crippen MR) is 180 cm³/mol. The number of fused-ring (bicyclic) bond motifs is 1. The van der Waals surface area contributed by atoms with Crippen molar-refractivity contribution in [2.75, 3.05) is 26.2 Å². The van der Waals surface area contributed by atoms with Crippen LogP contribution in [-0.2, 0) is 31.0 Å². The fourth-order valence-electron chi connectivity index (χ4n) is 6.37. The number of carbonyl (C=O) groups excluding carboxylic acids is 3. The van der Waals surface area contributed by atoms with Crippen LogP contribution in [0, 0.1) is 0 Å². The number of ether oxygens (including phenoxy) is 1. The van der Waals surface area contributed by atoms with E-state index in [1.165, 1.54) is 12.1 Å². The number of likely N-dealkylation sites (tertiary alicyclic amines) is 1. The third-order valence-corrected chi connectivity index (χ3v) is 11.1. The number of nitrogens with zero attached hydrogens (tertiary/aromatic N) is 2. The number of thiophene rings is 1. The summed E-state index contributed by atoms with van der Waals surface area (Å²) in [4.78, 5) is 63.4. The number of amides is 3. The number of benzene rings is 3. The number of morpholine rings is 1. The molecule has 0 unspecified atom stereocenters. The first-order valence-electron chi connectivity index (χ1n) is 16.0. The largest absolute Gasteiger partial charge is 0.399 e. The van der Waals surface area contributed by atoms with E-state index in [1.54, 1.807) is 9.80 Å². The first-order valence-corrected chi connectivity index (χ1v) is 18.4. The average molecular weight is 712 g/mol. The molecule has 3 N–H and O–H groups in total. The third kappa shape index (κ3) is 7.61. The molecule has 0 bridgehead atoms. The van der Waals surface area contributed by atoms with Crippen molar-refractivity contribution in [1.29, 1.82) is 0 Å². The minimum atomic E-state index is -5.78. The molecule has 3 heterocycles. The van der Waals surface area contributed by atoms with Crippen LogP contribution < -0.4 is 5.32 Å². The molecule has 4 aromatic rings. The van der Waals surface area contributed by atoms with Crippen LogP contribution in [0.3, 0.4) is 0 Å². The van der Waals surface area contributed by atoms with Gasteiger partial charge in [-0.25, -0.2) is 0 Å². The maximum Gasteiger partial charge on any atom is 0.399 e. The summed E-state index contributed by atoms with van der Waals surface area (Å²) in [6, 6.07) is 22.0. The molecule has 258 valence electrons. The zero-order chi connectivity index (χ0) is 34.8. The molecule has 0 aliphatic carbocycles. The molecule has 3 amide bonds. The SMILES string of the molecule is O=C(N[C@@H](CCc1ccccc1)C(=O)N1CCC[C@H]1C(=O)N1CCO[C@H](c2ccccc2)C1)c1cc2cc(C(F)(F)P(=O)(O)O)ccc2s1. The van der Waals surface area contributed by atoms with Crippen molar-refractivity contribution in [2.45, 2.75) is 49.5 Å². The van der Waals surface area contributed by atoms with Crippen LogP contribution >= 0.6 is 18.9 Å². The van der Waals surface area contributed by atoms with Gasteiger partial charge >= 0.3 is 13.3 Å². The van der Waals surface area contributed by atoms with Crippen molar-refractivity contribution >= 4 is 46.7 Å². The highest BCUT2D eigenvalue weighted by molar-refractivity contribution is 7.52. The van der Waals surface area contributed by atoms with E-state index in [2.05, 4.69) is 5.32 Å². The van der Waals surface area contributed by atoms with Crippen molar-refractivity contribution in [3.63, 3.8) is 0 Å². The summed E-state index contributed by atoms with van der Waals surface area (Å²) in [6.07, 6.45) is 1.58. The summed E-state index contributed by atoms with van der Waals surface area (Å²) >= 11 is 1.01. The summed E-state index contributed by atoms with van der Waals surface area (Å²) in [5.41, 5.74) is -3.33. The Balaban J connectivity index is 1.21. The highest BCUT2D eigenvalue weighted by Crippen LogP contribution is 2.59. The number of nitrogens with one attached hydrogen (secondary N) is 1. The van der Waals surface area contributed by atoms with E-state index in [-0.39, 0.29) is 34.6 Å². The molecule has 6 rings (SSSR count). The molecule has 3 atom stereocenters. The van der Waals surface area contributed by atoms with E-state index in [0.29, 0.717) is 50.2 Å². The van der Waals surface area contributed by atoms with E-state index in [4.69, 9.17) is 14.5 Å². The Bertz CT molecular complexity index is 1870. The first-order chi connectivity index (χ1) is 23.4. The fraction of sp³-hybridized carbons (Fsp3) is 0.343. The van der Waals surface area contributed by atoms with Gasteiger partial charge < -0.3 is 29.6 Å². The standard InChI is InChI=1S/C35H36F2N3O7PS/c36-35(37,48(44,45)46)26-14-16-30-25(20-26)21-31(49-30)32(41)38-27(15-13-23-8-3-1-4-9-23)33(42)40-17-7-12-28(40)34(43)39-18-19-47-29(22-39)24-10-5-2-6-11-24/h1-6,8-11,14,16,20-21,27-29H,7,12-13,15,17-19,22H2,(H,38,41)(H2,44,45,46)/t27-,28-,29-/m0/s1. The lowest BCUT2D eigenvalue weighted by Gasteiger charge is -2.37. The lowest BCUT2D eigenvalue weighted by Crippen LogP contribution is -2.55. The van der Waals surface area contributed by atoms with Crippen molar-refractivity contribution < 1.29 is 42.3 Å². The van der Waals surface area contributed by atoms with E-state index in [9.17, 15) is 27.7 Å². The lowest BCUT2D eigenvalue weighted by molar-refractivity contribution is -0.149. The molecule has 0 spiro atoms. The van der Waals surface area contributed by atoms with Gasteiger partial charge in [0.25, 0.3) is 5.91 Å². The molecular weight excluding hydrogens is 675 g/mol. The number of hydrogen-bond donors (Lipinski definition) is 3. The zero-order valence-electron chi connectivity index (χ0n) is 26.4. The van der Waals surface area contributed by atoms with Gasteiger partial charge in [0.05, 0.1) is 18.0 Å². The van der Waals surface area contributed by atoms with Gasteiger partial charge in [0.15, 0.2) is 0 Å². The maximum atomic E-state index is 14.4. The van der Waals surface area contributed by atoms with E-state index in [1.807, 2.05) is 60.7 Å². The second kappa shape index (κ2) is 14.5. The topological polar surface area (TPSA) is 136 Å². The highest BCUT2D eigenvalue weighted by atomic mass is 32.1. The molecule has 14 heteroatoms. The van der Waals surface area contributed by atoms with Crippen LogP contribution in [0.5, 0.6) is 0 Å². The van der Waals surface area contributed by atoms with Crippen LogP contribution in [0.4, 0.5) is 8.78 Å². The van der Waals surface area contributed by atoms with Crippen LogP contribution in [0.15, 0.2) is 84.9 Å². The fourth-order valence-corrected chi connectivity index (χ4v) is 7.79. The Morgan fingerprint density at radius 2 is 1.71 bits per heavy atom. The van der Waals surface area contributed by atoms with Crippen LogP contribution in [0.1, 0.15) is 51.7 Å². The number of hydrogen-bond acceptors (Lipinski definition) is 6. The van der Waals surface area contributed by atoms with Gasteiger partial charge in [-0.15, -0.1) is 11.3 Å². The normalized spacial score (nSPS) is 19.2. The van der Waals surface area contributed by atoms with E-state index >= 15 is 0 Å². The number of carbonyl (C=O) groups is 3. The lowest BCUT2D eigenvalue weighted by atomic mass is 10.0.